The lowest BCUT2D eigenvalue weighted by Gasteiger charge is -2.33. The Hall–Kier alpha value is -0.660. The molecule has 128 valence electrons. The number of aliphatic hydroxyl groups excluding tert-OH is 1. The maximum atomic E-state index is 12.1. The molecule has 6 nitrogen and oxygen atoms in total. The molecule has 0 radical (unpaired) electrons. The summed E-state index contributed by atoms with van der Waals surface area (Å²) in [7, 11) is -2.87. The molecule has 1 amide bonds. The Balaban J connectivity index is 2.05. The number of hydrogen-bond donors (Lipinski definition) is 1. The van der Waals surface area contributed by atoms with Crippen molar-refractivity contribution in [2.24, 2.45) is 11.8 Å². The van der Waals surface area contributed by atoms with E-state index in [-0.39, 0.29) is 36.0 Å². The predicted octanol–water partition coefficient (Wildman–Crippen LogP) is -0.0277. The summed E-state index contributed by atoms with van der Waals surface area (Å²) in [6.45, 7) is 6.56. The third kappa shape index (κ3) is 3.81. The highest BCUT2D eigenvalue weighted by Gasteiger charge is 2.43. The molecule has 2 heterocycles. The van der Waals surface area contributed by atoms with Crippen LogP contribution in [0, 0.1) is 11.8 Å². The van der Waals surface area contributed by atoms with Crippen LogP contribution in [0.1, 0.15) is 26.7 Å². The zero-order valence-electron chi connectivity index (χ0n) is 13.6. The lowest BCUT2D eigenvalue weighted by atomic mass is 9.88. The van der Waals surface area contributed by atoms with Gasteiger partial charge < -0.3 is 14.9 Å². The normalized spacial score (nSPS) is 32.3. The van der Waals surface area contributed by atoms with E-state index in [4.69, 9.17) is 0 Å². The summed E-state index contributed by atoms with van der Waals surface area (Å²) in [5.74, 6) is 1.15. The number of sulfone groups is 1. The van der Waals surface area contributed by atoms with Crippen molar-refractivity contribution in [3.05, 3.63) is 0 Å². The van der Waals surface area contributed by atoms with Crippen LogP contribution in [0.4, 0.5) is 0 Å². The lowest BCUT2D eigenvalue weighted by Crippen LogP contribution is -2.47. The molecule has 0 spiro atoms. The van der Waals surface area contributed by atoms with Crippen molar-refractivity contribution in [1.82, 2.24) is 9.80 Å². The molecule has 2 aliphatic heterocycles. The number of aliphatic hydroxyl groups is 1. The van der Waals surface area contributed by atoms with E-state index in [9.17, 15) is 18.3 Å². The second-order valence-corrected chi connectivity index (χ2v) is 8.74. The van der Waals surface area contributed by atoms with Crippen LogP contribution in [0.15, 0.2) is 0 Å². The summed E-state index contributed by atoms with van der Waals surface area (Å²) in [5, 5.41) is 9.77. The van der Waals surface area contributed by atoms with E-state index in [0.29, 0.717) is 32.0 Å². The van der Waals surface area contributed by atoms with Crippen molar-refractivity contribution in [3.63, 3.8) is 0 Å². The summed E-state index contributed by atoms with van der Waals surface area (Å²) in [5.41, 5.74) is 0. The quantitative estimate of drug-likeness (QED) is 0.765. The van der Waals surface area contributed by atoms with Gasteiger partial charge in [-0.25, -0.2) is 8.42 Å². The fourth-order valence-corrected chi connectivity index (χ4v) is 5.00. The average Bonchev–Trinajstić information content (AvgIpc) is 2.86. The molecular weight excluding hydrogens is 304 g/mol. The molecular formula is C15H28N2O4S. The molecule has 3 atom stereocenters. The average molecular weight is 332 g/mol. The maximum absolute atomic E-state index is 12.1. The Bertz CT molecular complexity index is 480. The van der Waals surface area contributed by atoms with Crippen LogP contribution in [0.2, 0.25) is 0 Å². The first kappa shape index (κ1) is 17.7. The van der Waals surface area contributed by atoms with Crippen molar-refractivity contribution in [1.29, 1.82) is 0 Å². The number of carbonyl (C=O) groups is 1. The molecule has 2 aliphatic rings. The number of carbonyl (C=O) groups excluding carboxylic acids is 1. The molecule has 0 aromatic heterocycles. The van der Waals surface area contributed by atoms with Crippen molar-refractivity contribution in [2.45, 2.75) is 32.7 Å². The van der Waals surface area contributed by atoms with Gasteiger partial charge in [0, 0.05) is 32.6 Å². The number of likely N-dealkylation sites (tertiary alicyclic amines) is 1. The van der Waals surface area contributed by atoms with Crippen LogP contribution < -0.4 is 0 Å². The maximum Gasteiger partial charge on any atom is 0.222 e. The molecule has 22 heavy (non-hydrogen) atoms. The summed E-state index contributed by atoms with van der Waals surface area (Å²) >= 11 is 0. The molecule has 0 aromatic rings. The topological polar surface area (TPSA) is 77.9 Å². The predicted molar refractivity (Wildman–Crippen MR) is 85.2 cm³/mol. The van der Waals surface area contributed by atoms with Gasteiger partial charge in [0.25, 0.3) is 0 Å². The summed E-state index contributed by atoms with van der Waals surface area (Å²) in [6.07, 6.45) is 1.43. The van der Waals surface area contributed by atoms with Gasteiger partial charge in [0.2, 0.25) is 5.91 Å². The minimum Gasteiger partial charge on any atom is -0.394 e. The zero-order valence-corrected chi connectivity index (χ0v) is 14.4. The first-order chi connectivity index (χ1) is 10.4. The van der Waals surface area contributed by atoms with Gasteiger partial charge in [-0.15, -0.1) is 0 Å². The Morgan fingerprint density at radius 2 is 1.86 bits per heavy atom. The second kappa shape index (κ2) is 7.27. The van der Waals surface area contributed by atoms with Gasteiger partial charge in [-0.1, -0.05) is 20.3 Å². The van der Waals surface area contributed by atoms with Crippen LogP contribution in [0.25, 0.3) is 0 Å². The largest absolute Gasteiger partial charge is 0.394 e. The molecule has 0 aromatic carbocycles. The molecule has 0 unspecified atom stereocenters. The number of nitrogens with zero attached hydrogens (tertiary/aromatic N) is 2. The van der Waals surface area contributed by atoms with Gasteiger partial charge in [0.15, 0.2) is 9.84 Å². The minimum absolute atomic E-state index is 0.0148. The van der Waals surface area contributed by atoms with E-state index in [0.717, 1.165) is 13.0 Å². The van der Waals surface area contributed by atoms with Gasteiger partial charge in [-0.2, -0.15) is 0 Å². The summed E-state index contributed by atoms with van der Waals surface area (Å²) in [6, 6.07) is -0.129. The van der Waals surface area contributed by atoms with Gasteiger partial charge in [0.05, 0.1) is 24.2 Å². The van der Waals surface area contributed by atoms with Gasteiger partial charge in [-0.3, -0.25) is 4.79 Å². The van der Waals surface area contributed by atoms with Crippen molar-refractivity contribution < 1.29 is 18.3 Å². The Morgan fingerprint density at radius 3 is 2.36 bits per heavy atom. The highest BCUT2D eigenvalue weighted by atomic mass is 32.2. The zero-order chi connectivity index (χ0) is 16.3. The van der Waals surface area contributed by atoms with E-state index in [1.807, 2.05) is 11.8 Å². The van der Waals surface area contributed by atoms with Crippen molar-refractivity contribution >= 4 is 15.7 Å². The minimum atomic E-state index is -2.87. The molecule has 0 bridgehead atoms. The SMILES string of the molecule is CCC(=O)N1C[C@@H](CC)[C@@H](CN2CCS(=O)(=O)CC2)[C@H]1CO. The van der Waals surface area contributed by atoms with Crippen LogP contribution in [-0.4, -0.2) is 79.6 Å². The fourth-order valence-electron chi connectivity index (χ4n) is 3.73. The molecule has 2 rings (SSSR count). The monoisotopic (exact) mass is 332 g/mol. The standard InChI is InChI=1S/C15H28N2O4S/c1-3-12-9-17(15(19)4-2)14(11-18)13(12)10-16-5-7-22(20,21)8-6-16/h12-14,18H,3-11H2,1-2H3/t12-,13-,14-/m1/s1. The highest BCUT2D eigenvalue weighted by molar-refractivity contribution is 7.91. The van der Waals surface area contributed by atoms with Gasteiger partial charge in [0.1, 0.15) is 0 Å². The summed E-state index contributed by atoms with van der Waals surface area (Å²) in [4.78, 5) is 16.1. The fraction of sp³-hybridized carbons (Fsp3) is 0.933. The number of hydrogen-bond acceptors (Lipinski definition) is 5. The lowest BCUT2D eigenvalue weighted by molar-refractivity contribution is -0.132. The Morgan fingerprint density at radius 1 is 1.23 bits per heavy atom. The molecule has 0 saturated carbocycles. The molecule has 2 fully saturated rings. The summed E-state index contributed by atoms with van der Waals surface area (Å²) < 4.78 is 23.1. The Kier molecular flexibility index (Phi) is 5.85. The molecule has 2 saturated heterocycles. The number of amides is 1. The molecule has 7 heteroatoms. The van der Waals surface area contributed by atoms with Gasteiger partial charge >= 0.3 is 0 Å². The highest BCUT2D eigenvalue weighted by Crippen LogP contribution is 2.33. The van der Waals surface area contributed by atoms with Gasteiger partial charge in [-0.05, 0) is 11.8 Å². The third-order valence-corrected chi connectivity index (χ3v) is 6.78. The van der Waals surface area contributed by atoms with Crippen molar-refractivity contribution in [3.8, 4) is 0 Å². The third-order valence-electron chi connectivity index (χ3n) is 5.17. The van der Waals surface area contributed by atoms with E-state index >= 15 is 0 Å². The molecule has 0 aliphatic carbocycles. The van der Waals surface area contributed by atoms with Crippen LogP contribution >= 0.6 is 0 Å². The van der Waals surface area contributed by atoms with Crippen LogP contribution in [-0.2, 0) is 14.6 Å². The van der Waals surface area contributed by atoms with E-state index in [1.165, 1.54) is 0 Å². The first-order valence-electron chi connectivity index (χ1n) is 8.25. The van der Waals surface area contributed by atoms with E-state index in [1.54, 1.807) is 0 Å². The van der Waals surface area contributed by atoms with E-state index in [2.05, 4.69) is 11.8 Å². The second-order valence-electron chi connectivity index (χ2n) is 6.43. The van der Waals surface area contributed by atoms with E-state index < -0.39 is 9.84 Å². The van der Waals surface area contributed by atoms with Crippen LogP contribution in [0.3, 0.4) is 0 Å². The Labute approximate surface area is 133 Å². The molecule has 1 N–H and O–H groups in total. The first-order valence-corrected chi connectivity index (χ1v) is 10.1. The number of rotatable bonds is 5. The smallest absolute Gasteiger partial charge is 0.222 e. The van der Waals surface area contributed by atoms with Crippen molar-refractivity contribution in [2.75, 3.05) is 44.3 Å². The van der Waals surface area contributed by atoms with Crippen LogP contribution in [0.5, 0.6) is 0 Å².